The zero-order chi connectivity index (χ0) is 16.4. The number of aryl methyl sites for hydroxylation is 1. The highest BCUT2D eigenvalue weighted by Gasteiger charge is 2.22. The minimum atomic E-state index is -3.40. The van der Waals surface area contributed by atoms with Crippen LogP contribution >= 0.6 is 0 Å². The van der Waals surface area contributed by atoms with Crippen LogP contribution in [0.5, 0.6) is 0 Å². The summed E-state index contributed by atoms with van der Waals surface area (Å²) < 4.78 is 29.0. The SMILES string of the molecule is Cc1cccc(-c2noc(CS(=O)(=O)CCC(C)(C)O)n2)c1. The number of hydrogen-bond donors (Lipinski definition) is 1. The number of benzene rings is 1. The van der Waals surface area contributed by atoms with Crippen LogP contribution in [0, 0.1) is 6.92 Å². The van der Waals surface area contributed by atoms with Crippen molar-refractivity contribution in [2.75, 3.05) is 5.75 Å². The molecule has 0 atom stereocenters. The lowest BCUT2D eigenvalue weighted by atomic mass is 10.1. The normalized spacial score (nSPS) is 12.5. The van der Waals surface area contributed by atoms with Crippen molar-refractivity contribution in [3.63, 3.8) is 0 Å². The van der Waals surface area contributed by atoms with Crippen LogP contribution in [0.25, 0.3) is 11.4 Å². The molecule has 1 aromatic heterocycles. The fourth-order valence-corrected chi connectivity index (χ4v) is 3.33. The van der Waals surface area contributed by atoms with Crippen molar-refractivity contribution in [1.82, 2.24) is 10.1 Å². The van der Waals surface area contributed by atoms with Crippen molar-refractivity contribution >= 4 is 9.84 Å². The standard InChI is InChI=1S/C15H20N2O4S/c1-11-5-4-6-12(9-11)14-16-13(21-17-14)10-22(19,20)8-7-15(2,3)18/h4-6,9,18H,7-8,10H2,1-3H3. The third-order valence-electron chi connectivity index (χ3n) is 3.11. The van der Waals surface area contributed by atoms with Crippen LogP contribution in [0.15, 0.2) is 28.8 Å². The topological polar surface area (TPSA) is 93.3 Å². The molecule has 0 aliphatic carbocycles. The first-order valence-electron chi connectivity index (χ1n) is 6.97. The van der Waals surface area contributed by atoms with Gasteiger partial charge in [-0.15, -0.1) is 0 Å². The third kappa shape index (κ3) is 4.92. The van der Waals surface area contributed by atoms with Gasteiger partial charge in [0.15, 0.2) is 9.84 Å². The summed E-state index contributed by atoms with van der Waals surface area (Å²) in [7, 11) is -3.40. The van der Waals surface area contributed by atoms with Crippen molar-refractivity contribution in [3.05, 3.63) is 35.7 Å². The molecule has 0 aliphatic rings. The number of rotatable bonds is 6. The lowest BCUT2D eigenvalue weighted by Crippen LogP contribution is -2.24. The highest BCUT2D eigenvalue weighted by Crippen LogP contribution is 2.18. The van der Waals surface area contributed by atoms with E-state index in [4.69, 9.17) is 4.52 Å². The molecule has 0 bridgehead atoms. The van der Waals surface area contributed by atoms with Gasteiger partial charge in [0.25, 0.3) is 0 Å². The molecule has 0 spiro atoms. The van der Waals surface area contributed by atoms with E-state index in [1.807, 2.05) is 31.2 Å². The summed E-state index contributed by atoms with van der Waals surface area (Å²) in [5, 5.41) is 13.4. The van der Waals surface area contributed by atoms with Crippen LogP contribution in [0.2, 0.25) is 0 Å². The molecule has 0 aliphatic heterocycles. The van der Waals surface area contributed by atoms with E-state index in [0.29, 0.717) is 5.82 Å². The van der Waals surface area contributed by atoms with E-state index in [1.54, 1.807) is 13.8 Å². The predicted octanol–water partition coefficient (Wildman–Crippen LogP) is 2.12. The minimum Gasteiger partial charge on any atom is -0.390 e. The molecule has 22 heavy (non-hydrogen) atoms. The molecule has 1 heterocycles. The Morgan fingerprint density at radius 2 is 2.05 bits per heavy atom. The largest absolute Gasteiger partial charge is 0.390 e. The highest BCUT2D eigenvalue weighted by molar-refractivity contribution is 7.90. The Morgan fingerprint density at radius 1 is 1.32 bits per heavy atom. The molecule has 7 heteroatoms. The lowest BCUT2D eigenvalue weighted by Gasteiger charge is -2.15. The molecule has 0 amide bonds. The van der Waals surface area contributed by atoms with E-state index in [1.165, 1.54) is 0 Å². The first kappa shape index (κ1) is 16.6. The van der Waals surface area contributed by atoms with Crippen molar-refractivity contribution in [2.24, 2.45) is 0 Å². The van der Waals surface area contributed by atoms with Gasteiger partial charge in [0.2, 0.25) is 11.7 Å². The summed E-state index contributed by atoms with van der Waals surface area (Å²) in [6.07, 6.45) is 0.161. The highest BCUT2D eigenvalue weighted by atomic mass is 32.2. The van der Waals surface area contributed by atoms with Crippen LogP contribution in [0.4, 0.5) is 0 Å². The fraction of sp³-hybridized carbons (Fsp3) is 0.467. The molecule has 0 saturated heterocycles. The smallest absolute Gasteiger partial charge is 0.242 e. The molecule has 0 unspecified atom stereocenters. The van der Waals surface area contributed by atoms with Crippen LogP contribution in [0.3, 0.4) is 0 Å². The summed E-state index contributed by atoms with van der Waals surface area (Å²) in [5.41, 5.74) is 0.819. The van der Waals surface area contributed by atoms with Crippen molar-refractivity contribution in [2.45, 2.75) is 38.5 Å². The van der Waals surface area contributed by atoms with Gasteiger partial charge in [-0.05, 0) is 33.3 Å². The minimum absolute atomic E-state index is 0.0623. The predicted molar refractivity (Wildman–Crippen MR) is 82.9 cm³/mol. The van der Waals surface area contributed by atoms with Crippen molar-refractivity contribution in [3.8, 4) is 11.4 Å². The quantitative estimate of drug-likeness (QED) is 0.875. The number of hydrogen-bond acceptors (Lipinski definition) is 6. The molecule has 2 aromatic rings. The van der Waals surface area contributed by atoms with Crippen molar-refractivity contribution < 1.29 is 18.0 Å². The zero-order valence-corrected chi connectivity index (χ0v) is 13.7. The Hall–Kier alpha value is -1.73. The monoisotopic (exact) mass is 324 g/mol. The van der Waals surface area contributed by atoms with Crippen molar-refractivity contribution in [1.29, 1.82) is 0 Å². The fourth-order valence-electron chi connectivity index (χ4n) is 1.88. The molecule has 0 fully saturated rings. The van der Waals surface area contributed by atoms with Gasteiger partial charge >= 0.3 is 0 Å². The molecule has 0 saturated carbocycles. The maximum absolute atomic E-state index is 12.0. The van der Waals surface area contributed by atoms with Gasteiger partial charge in [0, 0.05) is 5.56 Å². The Balaban J connectivity index is 2.09. The van der Waals surface area contributed by atoms with E-state index in [2.05, 4.69) is 10.1 Å². The summed E-state index contributed by atoms with van der Waals surface area (Å²) in [6.45, 7) is 5.10. The van der Waals surface area contributed by atoms with Crippen LogP contribution in [-0.2, 0) is 15.6 Å². The van der Waals surface area contributed by atoms with E-state index in [0.717, 1.165) is 11.1 Å². The van der Waals surface area contributed by atoms with Gasteiger partial charge in [0.1, 0.15) is 5.75 Å². The van der Waals surface area contributed by atoms with Crippen LogP contribution in [-0.4, -0.2) is 35.0 Å². The van der Waals surface area contributed by atoms with Gasteiger partial charge in [-0.25, -0.2) is 8.42 Å². The summed E-state index contributed by atoms with van der Waals surface area (Å²) >= 11 is 0. The molecule has 1 aromatic carbocycles. The molecule has 2 rings (SSSR count). The second kappa shape index (κ2) is 6.18. The van der Waals surface area contributed by atoms with Crippen LogP contribution < -0.4 is 0 Å². The lowest BCUT2D eigenvalue weighted by molar-refractivity contribution is 0.0772. The maximum Gasteiger partial charge on any atom is 0.242 e. The second-order valence-electron chi connectivity index (χ2n) is 6.04. The molecule has 6 nitrogen and oxygen atoms in total. The number of sulfone groups is 1. The maximum atomic E-state index is 12.0. The third-order valence-corrected chi connectivity index (χ3v) is 4.63. The summed E-state index contributed by atoms with van der Waals surface area (Å²) in [6, 6.07) is 7.56. The van der Waals surface area contributed by atoms with E-state index in [-0.39, 0.29) is 23.8 Å². The average Bonchev–Trinajstić information content (AvgIpc) is 2.84. The molecule has 0 radical (unpaired) electrons. The van der Waals surface area contributed by atoms with E-state index < -0.39 is 15.4 Å². The molecular formula is C15H20N2O4S. The van der Waals surface area contributed by atoms with Gasteiger partial charge in [0.05, 0.1) is 11.4 Å². The van der Waals surface area contributed by atoms with Gasteiger partial charge < -0.3 is 9.63 Å². The Bertz CT molecular complexity index is 745. The van der Waals surface area contributed by atoms with E-state index >= 15 is 0 Å². The number of aromatic nitrogens is 2. The van der Waals surface area contributed by atoms with Gasteiger partial charge in [-0.3, -0.25) is 0 Å². The average molecular weight is 324 g/mol. The number of aliphatic hydroxyl groups is 1. The Morgan fingerprint density at radius 3 is 2.68 bits per heavy atom. The van der Waals surface area contributed by atoms with Gasteiger partial charge in [-0.2, -0.15) is 4.98 Å². The zero-order valence-electron chi connectivity index (χ0n) is 12.9. The van der Waals surface area contributed by atoms with E-state index in [9.17, 15) is 13.5 Å². The molecule has 120 valence electrons. The summed E-state index contributed by atoms with van der Waals surface area (Å²) in [5.74, 6) is -0.00997. The Kier molecular flexibility index (Phi) is 4.67. The molecule has 1 N–H and O–H groups in total. The van der Waals surface area contributed by atoms with Crippen LogP contribution in [0.1, 0.15) is 31.7 Å². The van der Waals surface area contributed by atoms with Gasteiger partial charge in [-0.1, -0.05) is 28.9 Å². The first-order chi connectivity index (χ1) is 10.1. The number of nitrogens with zero attached hydrogens (tertiary/aromatic N) is 2. The molecular weight excluding hydrogens is 304 g/mol. The second-order valence-corrected chi connectivity index (χ2v) is 8.22. The first-order valence-corrected chi connectivity index (χ1v) is 8.79. The summed E-state index contributed by atoms with van der Waals surface area (Å²) in [4.78, 5) is 4.13. The Labute approximate surface area is 130 Å².